The van der Waals surface area contributed by atoms with Crippen molar-refractivity contribution in [3.63, 3.8) is 0 Å². The van der Waals surface area contributed by atoms with Crippen LogP contribution in [-0.2, 0) is 22.4 Å². The minimum absolute atomic E-state index is 0.191. The fourth-order valence-corrected chi connectivity index (χ4v) is 3.13. The Balaban J connectivity index is 1.78. The molecule has 0 unspecified atom stereocenters. The molecule has 1 aromatic carbocycles. The predicted octanol–water partition coefficient (Wildman–Crippen LogP) is 3.71. The number of thiophene rings is 1. The van der Waals surface area contributed by atoms with E-state index >= 15 is 0 Å². The Bertz CT molecular complexity index is 602. The third kappa shape index (κ3) is 5.52. The zero-order valence-corrected chi connectivity index (χ0v) is 12.6. The first kappa shape index (κ1) is 15.4. The van der Waals surface area contributed by atoms with Crippen molar-refractivity contribution in [2.24, 2.45) is 0 Å². The van der Waals surface area contributed by atoms with Crippen molar-refractivity contribution in [3.8, 4) is 0 Å². The number of carbonyl (C=O) groups is 2. The topological polar surface area (TPSA) is 54.4 Å². The summed E-state index contributed by atoms with van der Waals surface area (Å²) in [5, 5.41) is 10.7. The van der Waals surface area contributed by atoms with Crippen molar-refractivity contribution in [2.45, 2.75) is 32.1 Å². The zero-order chi connectivity index (χ0) is 15.1. The average Bonchev–Trinajstić information content (AvgIpc) is 2.86. The Kier molecular flexibility index (Phi) is 5.69. The Morgan fingerprint density at radius 1 is 1.10 bits per heavy atom. The maximum absolute atomic E-state index is 11.3. The van der Waals surface area contributed by atoms with E-state index in [0.29, 0.717) is 6.42 Å². The number of Topliss-reactive ketones (excluding diaryl/α,β-unsaturated/α-hetero) is 1. The highest BCUT2D eigenvalue weighted by atomic mass is 32.1. The molecule has 3 nitrogen and oxygen atoms in total. The Labute approximate surface area is 128 Å². The molecule has 0 saturated carbocycles. The van der Waals surface area contributed by atoms with E-state index in [9.17, 15) is 9.59 Å². The van der Waals surface area contributed by atoms with E-state index in [0.717, 1.165) is 19.3 Å². The Morgan fingerprint density at radius 2 is 1.86 bits per heavy atom. The number of carbonyl (C=O) groups excluding carboxylic acids is 1. The van der Waals surface area contributed by atoms with E-state index < -0.39 is 5.97 Å². The molecule has 0 aliphatic carbocycles. The van der Waals surface area contributed by atoms with Gasteiger partial charge in [0.15, 0.2) is 0 Å². The van der Waals surface area contributed by atoms with Crippen LogP contribution in [0.3, 0.4) is 0 Å². The third-order valence-corrected chi connectivity index (χ3v) is 4.23. The van der Waals surface area contributed by atoms with Crippen LogP contribution in [0.25, 0.3) is 0 Å². The van der Waals surface area contributed by atoms with Gasteiger partial charge in [0.1, 0.15) is 12.2 Å². The first-order chi connectivity index (χ1) is 10.1. The molecule has 0 aliphatic rings. The van der Waals surface area contributed by atoms with Gasteiger partial charge < -0.3 is 5.11 Å². The van der Waals surface area contributed by atoms with Crippen molar-refractivity contribution in [2.75, 3.05) is 0 Å². The molecule has 2 aromatic rings. The normalized spacial score (nSPS) is 10.5. The highest BCUT2D eigenvalue weighted by Gasteiger charge is 2.08. The number of aliphatic carboxylic acids is 1. The molecule has 0 saturated heterocycles. The molecule has 1 aromatic heterocycles. The Hall–Kier alpha value is -1.94. The summed E-state index contributed by atoms with van der Waals surface area (Å²) in [6.07, 6.45) is 2.47. The second-order valence-corrected chi connectivity index (χ2v) is 6.04. The van der Waals surface area contributed by atoms with Gasteiger partial charge in [0.25, 0.3) is 0 Å². The summed E-state index contributed by atoms with van der Waals surface area (Å²) in [7, 11) is 0. The fraction of sp³-hybridized carbons (Fsp3) is 0.294. The third-order valence-electron chi connectivity index (χ3n) is 3.19. The van der Waals surface area contributed by atoms with Gasteiger partial charge in [-0.1, -0.05) is 30.3 Å². The molecule has 110 valence electrons. The molecule has 2 rings (SSSR count). The molecule has 0 aliphatic heterocycles. The zero-order valence-electron chi connectivity index (χ0n) is 11.7. The minimum Gasteiger partial charge on any atom is -0.481 e. The SMILES string of the molecule is O=C(O)CC(=O)CCCc1cc(Cc2ccccc2)cs1. The molecule has 21 heavy (non-hydrogen) atoms. The largest absolute Gasteiger partial charge is 0.481 e. The second-order valence-electron chi connectivity index (χ2n) is 5.05. The van der Waals surface area contributed by atoms with Gasteiger partial charge in [-0.25, -0.2) is 0 Å². The summed E-state index contributed by atoms with van der Waals surface area (Å²) in [5.74, 6) is -1.23. The summed E-state index contributed by atoms with van der Waals surface area (Å²) >= 11 is 1.71. The van der Waals surface area contributed by atoms with Crippen LogP contribution < -0.4 is 0 Å². The standard InChI is InChI=1S/C17H18O3S/c18-15(11-17(19)20)7-4-8-16-10-14(12-21-16)9-13-5-2-1-3-6-13/h1-3,5-6,10,12H,4,7-9,11H2,(H,19,20). The number of hydrogen-bond donors (Lipinski definition) is 1. The second kappa shape index (κ2) is 7.74. The fourth-order valence-electron chi connectivity index (χ4n) is 2.20. The lowest BCUT2D eigenvalue weighted by atomic mass is 10.1. The molecular weight excluding hydrogens is 284 g/mol. The molecule has 0 bridgehead atoms. The van der Waals surface area contributed by atoms with E-state index in [-0.39, 0.29) is 12.2 Å². The van der Waals surface area contributed by atoms with Gasteiger partial charge in [-0.15, -0.1) is 11.3 Å². The summed E-state index contributed by atoms with van der Waals surface area (Å²) < 4.78 is 0. The van der Waals surface area contributed by atoms with Crippen molar-refractivity contribution in [1.29, 1.82) is 0 Å². The monoisotopic (exact) mass is 302 g/mol. The lowest BCUT2D eigenvalue weighted by molar-refractivity contribution is -0.140. The van der Waals surface area contributed by atoms with E-state index in [1.54, 1.807) is 11.3 Å². The van der Waals surface area contributed by atoms with E-state index in [4.69, 9.17) is 5.11 Å². The average molecular weight is 302 g/mol. The van der Waals surface area contributed by atoms with Crippen molar-refractivity contribution in [3.05, 3.63) is 57.8 Å². The van der Waals surface area contributed by atoms with Gasteiger partial charge in [-0.05, 0) is 41.8 Å². The quantitative estimate of drug-likeness (QED) is 0.756. The summed E-state index contributed by atoms with van der Waals surface area (Å²) in [4.78, 5) is 23.0. The Morgan fingerprint density at radius 3 is 2.57 bits per heavy atom. The number of benzene rings is 1. The lowest BCUT2D eigenvalue weighted by Gasteiger charge is -1.98. The number of carboxylic acid groups (broad SMARTS) is 1. The van der Waals surface area contributed by atoms with Crippen LogP contribution in [-0.4, -0.2) is 16.9 Å². The first-order valence-corrected chi connectivity index (χ1v) is 7.85. The molecule has 0 atom stereocenters. The van der Waals surface area contributed by atoms with Crippen LogP contribution in [0.5, 0.6) is 0 Å². The van der Waals surface area contributed by atoms with Gasteiger partial charge in [-0.2, -0.15) is 0 Å². The van der Waals surface area contributed by atoms with Gasteiger partial charge in [0.05, 0.1) is 0 Å². The van der Waals surface area contributed by atoms with Crippen molar-refractivity contribution >= 4 is 23.1 Å². The summed E-state index contributed by atoms with van der Waals surface area (Å²) in [5.41, 5.74) is 2.58. The maximum Gasteiger partial charge on any atom is 0.310 e. The number of carboxylic acids is 1. The maximum atomic E-state index is 11.3. The summed E-state index contributed by atoms with van der Waals surface area (Å²) in [6.45, 7) is 0. The molecule has 4 heteroatoms. The smallest absolute Gasteiger partial charge is 0.310 e. The van der Waals surface area contributed by atoms with Crippen LogP contribution in [0.15, 0.2) is 41.8 Å². The van der Waals surface area contributed by atoms with Crippen LogP contribution in [0.4, 0.5) is 0 Å². The molecule has 0 fully saturated rings. The highest BCUT2D eigenvalue weighted by molar-refractivity contribution is 7.10. The van der Waals surface area contributed by atoms with E-state index in [1.807, 2.05) is 18.2 Å². The molecule has 1 heterocycles. The van der Waals surface area contributed by atoms with Crippen molar-refractivity contribution in [1.82, 2.24) is 0 Å². The summed E-state index contributed by atoms with van der Waals surface area (Å²) in [6, 6.07) is 12.5. The lowest BCUT2D eigenvalue weighted by Crippen LogP contribution is -2.06. The van der Waals surface area contributed by atoms with E-state index in [2.05, 4.69) is 23.6 Å². The van der Waals surface area contributed by atoms with Crippen LogP contribution in [0.1, 0.15) is 35.3 Å². The molecule has 0 radical (unpaired) electrons. The minimum atomic E-state index is -1.04. The molecule has 0 amide bonds. The van der Waals surface area contributed by atoms with Gasteiger partial charge in [0.2, 0.25) is 0 Å². The van der Waals surface area contributed by atoms with Crippen LogP contribution in [0.2, 0.25) is 0 Å². The first-order valence-electron chi connectivity index (χ1n) is 6.97. The molecule has 0 spiro atoms. The van der Waals surface area contributed by atoms with E-state index in [1.165, 1.54) is 16.0 Å². The van der Waals surface area contributed by atoms with Gasteiger partial charge in [-0.3, -0.25) is 9.59 Å². The number of ketones is 1. The number of rotatable bonds is 8. The van der Waals surface area contributed by atoms with Crippen molar-refractivity contribution < 1.29 is 14.7 Å². The van der Waals surface area contributed by atoms with Gasteiger partial charge in [0, 0.05) is 11.3 Å². The highest BCUT2D eigenvalue weighted by Crippen LogP contribution is 2.20. The number of hydrogen-bond acceptors (Lipinski definition) is 3. The predicted molar refractivity (Wildman–Crippen MR) is 83.8 cm³/mol. The van der Waals surface area contributed by atoms with Gasteiger partial charge >= 0.3 is 5.97 Å². The number of aryl methyl sites for hydroxylation is 1. The van der Waals surface area contributed by atoms with Crippen LogP contribution in [0, 0.1) is 0 Å². The molecule has 1 N–H and O–H groups in total. The molecular formula is C17H18O3S. The van der Waals surface area contributed by atoms with Crippen LogP contribution >= 0.6 is 11.3 Å².